The molecule has 2 rings (SSSR count). The van der Waals surface area contributed by atoms with Gasteiger partial charge in [-0.25, -0.2) is 4.79 Å². The van der Waals surface area contributed by atoms with Crippen LogP contribution in [0.2, 0.25) is 0 Å². The van der Waals surface area contributed by atoms with Gasteiger partial charge >= 0.3 is 6.03 Å². The van der Waals surface area contributed by atoms with E-state index in [4.69, 9.17) is 5.73 Å². The summed E-state index contributed by atoms with van der Waals surface area (Å²) in [4.78, 5) is 29.1. The minimum absolute atomic E-state index is 0.0172. The number of primary amides is 1. The van der Waals surface area contributed by atoms with Gasteiger partial charge in [0.05, 0.1) is 0 Å². The molecule has 0 aliphatic carbocycles. The number of rotatable bonds is 6. The number of nitrogens with two attached hydrogens (primary N) is 1. The number of thiophene rings is 1. The molecule has 0 spiro atoms. The van der Waals surface area contributed by atoms with Crippen LogP contribution in [-0.4, -0.2) is 54.0 Å². The van der Waals surface area contributed by atoms with E-state index in [9.17, 15) is 9.59 Å². The largest absolute Gasteiger partial charge is 0.352 e. The zero-order valence-corrected chi connectivity index (χ0v) is 13.8. The summed E-state index contributed by atoms with van der Waals surface area (Å²) in [5, 5.41) is 4.64. The Bertz CT molecular complexity index is 484. The van der Waals surface area contributed by atoms with E-state index in [0.717, 1.165) is 26.1 Å². The normalized spacial score (nSPS) is 17.2. The third kappa shape index (κ3) is 4.71. The van der Waals surface area contributed by atoms with Crippen molar-refractivity contribution in [2.45, 2.75) is 32.4 Å². The molecule has 1 atom stereocenters. The number of carbonyl (C=O) groups is 2. The Morgan fingerprint density at radius 1 is 1.36 bits per heavy atom. The third-order valence-corrected chi connectivity index (χ3v) is 4.70. The van der Waals surface area contributed by atoms with E-state index in [2.05, 4.69) is 27.7 Å². The van der Waals surface area contributed by atoms with Crippen molar-refractivity contribution in [1.29, 1.82) is 0 Å². The molecule has 22 heavy (non-hydrogen) atoms. The Morgan fingerprint density at radius 2 is 2.09 bits per heavy atom. The van der Waals surface area contributed by atoms with Crippen molar-refractivity contribution in [3.05, 3.63) is 22.4 Å². The van der Waals surface area contributed by atoms with Crippen LogP contribution in [0.15, 0.2) is 17.5 Å². The van der Waals surface area contributed by atoms with E-state index in [1.54, 1.807) is 11.3 Å². The first-order chi connectivity index (χ1) is 10.6. The quantitative estimate of drug-likeness (QED) is 0.826. The minimum atomic E-state index is -0.636. The van der Waals surface area contributed by atoms with Crippen molar-refractivity contribution < 1.29 is 9.59 Å². The van der Waals surface area contributed by atoms with Gasteiger partial charge in [-0.3, -0.25) is 9.69 Å². The molecule has 1 aliphatic heterocycles. The predicted octanol–water partition coefficient (Wildman–Crippen LogP) is 1.23. The van der Waals surface area contributed by atoms with Gasteiger partial charge in [-0.15, -0.1) is 11.3 Å². The average Bonchev–Trinajstić information content (AvgIpc) is 2.99. The molecule has 0 bridgehead atoms. The van der Waals surface area contributed by atoms with E-state index in [0.29, 0.717) is 19.5 Å². The summed E-state index contributed by atoms with van der Waals surface area (Å²) < 4.78 is 0. The fourth-order valence-electron chi connectivity index (χ4n) is 2.69. The molecule has 1 fully saturated rings. The third-order valence-electron chi connectivity index (χ3n) is 3.84. The number of carbonyl (C=O) groups excluding carboxylic acids is 2. The van der Waals surface area contributed by atoms with Crippen LogP contribution in [0.25, 0.3) is 0 Å². The molecule has 0 radical (unpaired) electrons. The Morgan fingerprint density at radius 3 is 2.64 bits per heavy atom. The molecule has 1 aliphatic rings. The van der Waals surface area contributed by atoms with Gasteiger partial charge in [0, 0.05) is 37.6 Å². The molecule has 122 valence electrons. The molecule has 1 saturated heterocycles. The van der Waals surface area contributed by atoms with Crippen LogP contribution in [-0.2, 0) is 11.3 Å². The SMILES string of the molecule is CCC[C@@H](NC(N)=O)C(=O)N1CCN(Cc2cccs2)CC1. The van der Waals surface area contributed by atoms with Crippen LogP contribution in [0.5, 0.6) is 0 Å². The fourth-order valence-corrected chi connectivity index (χ4v) is 3.43. The summed E-state index contributed by atoms with van der Waals surface area (Å²) in [6.07, 6.45) is 1.45. The van der Waals surface area contributed by atoms with Crippen molar-refractivity contribution in [1.82, 2.24) is 15.1 Å². The Balaban J connectivity index is 1.83. The van der Waals surface area contributed by atoms with Gasteiger partial charge < -0.3 is 16.0 Å². The van der Waals surface area contributed by atoms with Crippen LogP contribution in [0.1, 0.15) is 24.6 Å². The van der Waals surface area contributed by atoms with Crippen LogP contribution < -0.4 is 11.1 Å². The van der Waals surface area contributed by atoms with E-state index in [1.807, 2.05) is 11.8 Å². The summed E-state index contributed by atoms with van der Waals surface area (Å²) in [7, 11) is 0. The second-order valence-corrected chi connectivity index (χ2v) is 6.56. The van der Waals surface area contributed by atoms with E-state index in [1.165, 1.54) is 4.88 Å². The first kappa shape index (κ1) is 16.8. The second kappa shape index (κ2) is 8.14. The summed E-state index contributed by atoms with van der Waals surface area (Å²) in [5.41, 5.74) is 5.16. The van der Waals surface area contributed by atoms with Gasteiger partial charge in [0.25, 0.3) is 0 Å². The molecule has 7 heteroatoms. The maximum absolute atomic E-state index is 12.5. The maximum atomic E-state index is 12.5. The van der Waals surface area contributed by atoms with Crippen molar-refractivity contribution in [2.75, 3.05) is 26.2 Å². The number of amides is 3. The summed E-state index contributed by atoms with van der Waals surface area (Å²) in [6, 6.07) is 3.07. The standard InChI is InChI=1S/C15H24N4O2S/c1-2-4-13(17-15(16)21)14(20)19-8-6-18(7-9-19)11-12-5-3-10-22-12/h3,5,10,13H,2,4,6-9,11H2,1H3,(H3,16,17,21)/t13-/m1/s1. The number of hydrogen-bond acceptors (Lipinski definition) is 4. The molecular weight excluding hydrogens is 300 g/mol. The highest BCUT2D eigenvalue weighted by atomic mass is 32.1. The first-order valence-electron chi connectivity index (χ1n) is 7.69. The molecule has 3 N–H and O–H groups in total. The molecule has 0 saturated carbocycles. The van der Waals surface area contributed by atoms with Gasteiger partial charge in [0.2, 0.25) is 5.91 Å². The monoisotopic (exact) mass is 324 g/mol. The zero-order valence-electron chi connectivity index (χ0n) is 13.0. The van der Waals surface area contributed by atoms with Crippen molar-refractivity contribution in [3.8, 4) is 0 Å². The lowest BCUT2D eigenvalue weighted by Crippen LogP contribution is -2.55. The highest BCUT2D eigenvalue weighted by Crippen LogP contribution is 2.14. The molecule has 2 heterocycles. The summed E-state index contributed by atoms with van der Waals surface area (Å²) in [5.74, 6) is -0.0172. The highest BCUT2D eigenvalue weighted by Gasteiger charge is 2.27. The molecule has 0 aromatic carbocycles. The number of nitrogens with zero attached hydrogens (tertiary/aromatic N) is 2. The lowest BCUT2D eigenvalue weighted by atomic mass is 10.1. The number of nitrogens with one attached hydrogen (secondary N) is 1. The van der Waals surface area contributed by atoms with Crippen LogP contribution in [0.4, 0.5) is 4.79 Å². The van der Waals surface area contributed by atoms with Gasteiger partial charge in [-0.1, -0.05) is 19.4 Å². The van der Waals surface area contributed by atoms with Gasteiger partial charge in [0.15, 0.2) is 0 Å². The Hall–Kier alpha value is -1.60. The molecule has 3 amide bonds. The Kier molecular flexibility index (Phi) is 6.21. The van der Waals surface area contributed by atoms with Crippen molar-refractivity contribution in [3.63, 3.8) is 0 Å². The second-order valence-electron chi connectivity index (χ2n) is 5.53. The highest BCUT2D eigenvalue weighted by molar-refractivity contribution is 7.09. The lowest BCUT2D eigenvalue weighted by molar-refractivity contribution is -0.135. The van der Waals surface area contributed by atoms with Crippen molar-refractivity contribution in [2.24, 2.45) is 5.73 Å². The van der Waals surface area contributed by atoms with Gasteiger partial charge in [-0.2, -0.15) is 0 Å². The topological polar surface area (TPSA) is 78.7 Å². The lowest BCUT2D eigenvalue weighted by Gasteiger charge is -2.36. The molecule has 1 aromatic rings. The van der Waals surface area contributed by atoms with Gasteiger partial charge in [0.1, 0.15) is 6.04 Å². The molecule has 0 unspecified atom stereocenters. The summed E-state index contributed by atoms with van der Waals surface area (Å²) in [6.45, 7) is 6.05. The van der Waals surface area contributed by atoms with Gasteiger partial charge in [-0.05, 0) is 17.9 Å². The average molecular weight is 324 g/mol. The smallest absolute Gasteiger partial charge is 0.312 e. The number of urea groups is 1. The zero-order chi connectivity index (χ0) is 15.9. The van der Waals surface area contributed by atoms with E-state index in [-0.39, 0.29) is 5.91 Å². The maximum Gasteiger partial charge on any atom is 0.312 e. The Labute approximate surface area is 135 Å². The summed E-state index contributed by atoms with van der Waals surface area (Å²) >= 11 is 1.76. The number of piperazine rings is 1. The van der Waals surface area contributed by atoms with Crippen LogP contribution in [0.3, 0.4) is 0 Å². The fraction of sp³-hybridized carbons (Fsp3) is 0.600. The van der Waals surface area contributed by atoms with E-state index >= 15 is 0 Å². The van der Waals surface area contributed by atoms with E-state index < -0.39 is 12.1 Å². The van der Waals surface area contributed by atoms with Crippen LogP contribution in [0, 0.1) is 0 Å². The minimum Gasteiger partial charge on any atom is -0.352 e. The molecular formula is C15H24N4O2S. The van der Waals surface area contributed by atoms with Crippen molar-refractivity contribution >= 4 is 23.3 Å². The molecule has 1 aromatic heterocycles. The molecule has 6 nitrogen and oxygen atoms in total. The van der Waals surface area contributed by atoms with Crippen LogP contribution >= 0.6 is 11.3 Å². The first-order valence-corrected chi connectivity index (χ1v) is 8.57. The predicted molar refractivity (Wildman–Crippen MR) is 87.6 cm³/mol. The number of hydrogen-bond donors (Lipinski definition) is 2.